The number of aromatic nitrogens is 1. The molecule has 4 rings (SSSR count). The first-order valence-corrected chi connectivity index (χ1v) is 9.09. The van der Waals surface area contributed by atoms with Crippen molar-refractivity contribution in [1.82, 2.24) is 10.5 Å². The number of nitrogens with two attached hydrogens (primary N) is 1. The fourth-order valence-electron chi connectivity index (χ4n) is 3.08. The highest BCUT2D eigenvalue weighted by Crippen LogP contribution is 2.25. The summed E-state index contributed by atoms with van der Waals surface area (Å²) in [5.41, 5.74) is 8.12. The molecule has 0 bridgehead atoms. The number of halogens is 1. The number of benzene rings is 3. The number of nitrogen functional groups attached to an aromatic ring is 1. The maximum absolute atomic E-state index is 13.3. The smallest absolute Gasteiger partial charge is 0.256 e. The van der Waals surface area contributed by atoms with E-state index in [4.69, 9.17) is 10.3 Å². The summed E-state index contributed by atoms with van der Waals surface area (Å²) in [6.07, 6.45) is 0. The minimum atomic E-state index is -0.476. The largest absolute Gasteiger partial charge is 0.380 e. The molecule has 8 heteroatoms. The van der Waals surface area contributed by atoms with E-state index in [1.807, 2.05) is 0 Å². The lowest BCUT2D eigenvalue weighted by Crippen LogP contribution is -2.23. The molecule has 30 heavy (non-hydrogen) atoms. The van der Waals surface area contributed by atoms with E-state index < -0.39 is 11.7 Å². The Balaban J connectivity index is 1.46. The van der Waals surface area contributed by atoms with E-state index >= 15 is 0 Å². The van der Waals surface area contributed by atoms with Gasteiger partial charge in [0, 0.05) is 17.8 Å². The zero-order chi connectivity index (χ0) is 21.1. The second kappa shape index (κ2) is 8.04. The first kappa shape index (κ1) is 19.1. The van der Waals surface area contributed by atoms with E-state index in [9.17, 15) is 14.0 Å². The number of hydrogen-bond acceptors (Lipinski definition) is 5. The van der Waals surface area contributed by atoms with Crippen LogP contribution in [-0.4, -0.2) is 17.0 Å². The van der Waals surface area contributed by atoms with Gasteiger partial charge in [-0.1, -0.05) is 29.4 Å². The minimum Gasteiger partial charge on any atom is -0.380 e. The molecule has 0 aliphatic carbocycles. The van der Waals surface area contributed by atoms with Crippen molar-refractivity contribution in [1.29, 1.82) is 0 Å². The van der Waals surface area contributed by atoms with Crippen molar-refractivity contribution in [2.24, 2.45) is 0 Å². The van der Waals surface area contributed by atoms with Gasteiger partial charge < -0.3 is 20.9 Å². The SMILES string of the molecule is Nc1noc2cccc(C(=O)Nc3cccc(CNC(=O)c4cccc(F)c4)c3)c12. The van der Waals surface area contributed by atoms with Crippen LogP contribution in [0.5, 0.6) is 0 Å². The van der Waals surface area contributed by atoms with Gasteiger partial charge in [-0.3, -0.25) is 9.59 Å². The van der Waals surface area contributed by atoms with Gasteiger partial charge in [0.2, 0.25) is 0 Å². The van der Waals surface area contributed by atoms with Crippen LogP contribution in [0.15, 0.2) is 71.3 Å². The van der Waals surface area contributed by atoms with Gasteiger partial charge in [-0.05, 0) is 48.0 Å². The Morgan fingerprint density at radius 1 is 1.00 bits per heavy atom. The first-order chi connectivity index (χ1) is 14.5. The molecule has 4 aromatic rings. The third-order valence-corrected chi connectivity index (χ3v) is 4.49. The standard InChI is InChI=1S/C22H17FN4O3/c23-15-6-2-5-14(11-15)21(28)25-12-13-4-1-7-16(10-13)26-22(29)17-8-3-9-18-19(17)20(24)27-30-18/h1-11H,12H2,(H2,24,27)(H,25,28)(H,26,29). The summed E-state index contributed by atoms with van der Waals surface area (Å²) in [6.45, 7) is 0.216. The quantitative estimate of drug-likeness (QED) is 0.469. The van der Waals surface area contributed by atoms with Gasteiger partial charge in [-0.2, -0.15) is 0 Å². The predicted octanol–water partition coefficient (Wildman–Crippen LogP) is 3.73. The zero-order valence-electron chi connectivity index (χ0n) is 15.7. The summed E-state index contributed by atoms with van der Waals surface area (Å²) in [5.74, 6) is -1.09. The molecule has 0 aliphatic rings. The molecule has 2 amide bonds. The molecule has 150 valence electrons. The molecule has 0 saturated carbocycles. The van der Waals surface area contributed by atoms with Crippen molar-refractivity contribution >= 4 is 34.3 Å². The molecule has 7 nitrogen and oxygen atoms in total. The van der Waals surface area contributed by atoms with Crippen LogP contribution in [0.25, 0.3) is 11.0 Å². The molecule has 1 aromatic heterocycles. The topological polar surface area (TPSA) is 110 Å². The molecule has 4 N–H and O–H groups in total. The highest BCUT2D eigenvalue weighted by atomic mass is 19.1. The third kappa shape index (κ3) is 3.97. The highest BCUT2D eigenvalue weighted by molar-refractivity contribution is 6.14. The van der Waals surface area contributed by atoms with E-state index in [-0.39, 0.29) is 23.8 Å². The third-order valence-electron chi connectivity index (χ3n) is 4.49. The molecule has 0 aliphatic heterocycles. The number of carbonyl (C=O) groups is 2. The Kier molecular flexibility index (Phi) is 5.13. The molecule has 0 saturated heterocycles. The van der Waals surface area contributed by atoms with Crippen molar-refractivity contribution in [2.45, 2.75) is 6.54 Å². The van der Waals surface area contributed by atoms with Gasteiger partial charge >= 0.3 is 0 Å². The van der Waals surface area contributed by atoms with Gasteiger partial charge in [0.25, 0.3) is 11.8 Å². The van der Waals surface area contributed by atoms with E-state index in [0.717, 1.165) is 5.56 Å². The predicted molar refractivity (Wildman–Crippen MR) is 110 cm³/mol. The second-order valence-electron chi connectivity index (χ2n) is 6.59. The normalized spacial score (nSPS) is 10.7. The Hall–Kier alpha value is -4.20. The van der Waals surface area contributed by atoms with Crippen LogP contribution in [0, 0.1) is 5.82 Å². The molecule has 3 aromatic carbocycles. The number of nitrogens with one attached hydrogen (secondary N) is 2. The number of amides is 2. The lowest BCUT2D eigenvalue weighted by molar-refractivity contribution is 0.0949. The molecule has 0 unspecified atom stereocenters. The lowest BCUT2D eigenvalue weighted by atomic mass is 10.1. The van der Waals surface area contributed by atoms with Gasteiger partial charge in [0.15, 0.2) is 11.4 Å². The average molecular weight is 404 g/mol. The molecule has 0 spiro atoms. The van der Waals surface area contributed by atoms with Crippen molar-refractivity contribution in [3.05, 3.63) is 89.2 Å². The summed E-state index contributed by atoms with van der Waals surface area (Å²) in [6, 6.07) is 17.5. The van der Waals surface area contributed by atoms with Crippen LogP contribution in [0.2, 0.25) is 0 Å². The fraction of sp³-hybridized carbons (Fsp3) is 0.0455. The molecule has 0 radical (unpaired) electrons. The zero-order valence-corrected chi connectivity index (χ0v) is 15.7. The summed E-state index contributed by atoms with van der Waals surface area (Å²) in [7, 11) is 0. The second-order valence-corrected chi connectivity index (χ2v) is 6.59. The van der Waals surface area contributed by atoms with Gasteiger partial charge in [0.05, 0.1) is 10.9 Å². The van der Waals surface area contributed by atoms with Crippen LogP contribution in [-0.2, 0) is 6.54 Å². The number of fused-ring (bicyclic) bond motifs is 1. The Labute approximate surface area is 170 Å². The fourth-order valence-corrected chi connectivity index (χ4v) is 3.08. The molecule has 0 atom stereocenters. The van der Waals surface area contributed by atoms with Crippen molar-refractivity contribution in [3.8, 4) is 0 Å². The number of rotatable bonds is 5. The first-order valence-electron chi connectivity index (χ1n) is 9.09. The van der Waals surface area contributed by atoms with Crippen molar-refractivity contribution in [3.63, 3.8) is 0 Å². The van der Waals surface area contributed by atoms with E-state index in [2.05, 4.69) is 15.8 Å². The van der Waals surface area contributed by atoms with Crippen LogP contribution >= 0.6 is 0 Å². The van der Waals surface area contributed by atoms with E-state index in [1.54, 1.807) is 42.5 Å². The Morgan fingerprint density at radius 2 is 1.80 bits per heavy atom. The molecule has 0 fully saturated rings. The van der Waals surface area contributed by atoms with Crippen molar-refractivity contribution in [2.75, 3.05) is 11.1 Å². The van der Waals surface area contributed by atoms with Crippen molar-refractivity contribution < 1.29 is 18.5 Å². The van der Waals surface area contributed by atoms with Gasteiger partial charge in [-0.25, -0.2) is 4.39 Å². The average Bonchev–Trinajstić information content (AvgIpc) is 3.13. The summed E-state index contributed by atoms with van der Waals surface area (Å²) < 4.78 is 18.4. The maximum Gasteiger partial charge on any atom is 0.256 e. The monoisotopic (exact) mass is 404 g/mol. The summed E-state index contributed by atoms with van der Waals surface area (Å²) in [5, 5.41) is 9.68. The molecule has 1 heterocycles. The Bertz CT molecular complexity index is 1250. The van der Waals surface area contributed by atoms with Gasteiger partial charge in [-0.15, -0.1) is 0 Å². The van der Waals surface area contributed by atoms with E-state index in [1.165, 1.54) is 24.3 Å². The molecular weight excluding hydrogens is 387 g/mol. The van der Waals surface area contributed by atoms with Crippen LogP contribution in [0.3, 0.4) is 0 Å². The number of hydrogen-bond donors (Lipinski definition) is 3. The Morgan fingerprint density at radius 3 is 2.63 bits per heavy atom. The van der Waals surface area contributed by atoms with Crippen LogP contribution in [0.4, 0.5) is 15.9 Å². The maximum atomic E-state index is 13.3. The number of carbonyl (C=O) groups excluding carboxylic acids is 2. The summed E-state index contributed by atoms with van der Waals surface area (Å²) in [4.78, 5) is 24.9. The number of anilines is 2. The number of nitrogens with zero attached hydrogens (tertiary/aromatic N) is 1. The lowest BCUT2D eigenvalue weighted by Gasteiger charge is -2.09. The minimum absolute atomic E-state index is 0.143. The van der Waals surface area contributed by atoms with Crippen LogP contribution in [0.1, 0.15) is 26.3 Å². The van der Waals surface area contributed by atoms with Gasteiger partial charge in [0.1, 0.15) is 5.82 Å². The molecular formula is C22H17FN4O3. The highest BCUT2D eigenvalue weighted by Gasteiger charge is 2.16. The van der Waals surface area contributed by atoms with E-state index in [0.29, 0.717) is 22.2 Å². The van der Waals surface area contributed by atoms with Crippen LogP contribution < -0.4 is 16.4 Å². The summed E-state index contributed by atoms with van der Waals surface area (Å²) >= 11 is 0.